The quantitative estimate of drug-likeness (QED) is 0.720. The predicted molar refractivity (Wildman–Crippen MR) is 87.6 cm³/mol. The van der Waals surface area contributed by atoms with Gasteiger partial charge in [0, 0.05) is 18.8 Å². The normalized spacial score (nSPS) is 12.3. The van der Waals surface area contributed by atoms with Crippen molar-refractivity contribution in [1.82, 2.24) is 5.32 Å². The molecule has 1 unspecified atom stereocenters. The van der Waals surface area contributed by atoms with Crippen molar-refractivity contribution in [2.75, 3.05) is 18.5 Å². The van der Waals surface area contributed by atoms with Gasteiger partial charge in [-0.15, -0.1) is 0 Å². The van der Waals surface area contributed by atoms with Crippen LogP contribution >= 0.6 is 0 Å². The van der Waals surface area contributed by atoms with Crippen LogP contribution in [0, 0.1) is 25.7 Å². The Morgan fingerprint density at radius 1 is 1.29 bits per heavy atom. The molecular weight excluding hydrogens is 264 g/mol. The van der Waals surface area contributed by atoms with Crippen LogP contribution in [0.3, 0.4) is 0 Å². The monoisotopic (exact) mass is 292 g/mol. The molecule has 1 aromatic carbocycles. The van der Waals surface area contributed by atoms with Gasteiger partial charge in [0.05, 0.1) is 0 Å². The van der Waals surface area contributed by atoms with Crippen molar-refractivity contribution < 1.29 is 9.90 Å². The van der Waals surface area contributed by atoms with Gasteiger partial charge in [0.15, 0.2) is 0 Å². The highest BCUT2D eigenvalue weighted by Crippen LogP contribution is 2.16. The minimum Gasteiger partial charge on any atom is -0.396 e. The number of carbonyl (C=O) groups is 1. The molecule has 0 aromatic heterocycles. The number of rotatable bonds is 7. The molecule has 118 valence electrons. The van der Waals surface area contributed by atoms with Gasteiger partial charge in [0.25, 0.3) is 0 Å². The third kappa shape index (κ3) is 6.63. The van der Waals surface area contributed by atoms with Crippen LogP contribution in [0.1, 0.15) is 37.8 Å². The van der Waals surface area contributed by atoms with Crippen LogP contribution in [0.15, 0.2) is 18.2 Å². The fourth-order valence-corrected chi connectivity index (χ4v) is 2.51. The Bertz CT molecular complexity index is 458. The molecule has 4 nitrogen and oxygen atoms in total. The van der Waals surface area contributed by atoms with Crippen LogP contribution in [-0.2, 0) is 0 Å². The second-order valence-corrected chi connectivity index (χ2v) is 6.16. The van der Waals surface area contributed by atoms with Gasteiger partial charge in [-0.1, -0.05) is 31.5 Å². The molecule has 3 N–H and O–H groups in total. The lowest BCUT2D eigenvalue weighted by molar-refractivity contribution is 0.231. The van der Waals surface area contributed by atoms with Crippen molar-refractivity contribution in [2.45, 2.75) is 40.5 Å². The van der Waals surface area contributed by atoms with Gasteiger partial charge in [0.1, 0.15) is 0 Å². The van der Waals surface area contributed by atoms with Crippen molar-refractivity contribution in [3.05, 3.63) is 29.3 Å². The molecule has 0 radical (unpaired) electrons. The Labute approximate surface area is 128 Å². The van der Waals surface area contributed by atoms with Crippen LogP contribution in [0.25, 0.3) is 0 Å². The van der Waals surface area contributed by atoms with Crippen molar-refractivity contribution in [3.63, 3.8) is 0 Å². The largest absolute Gasteiger partial charge is 0.396 e. The van der Waals surface area contributed by atoms with Crippen LogP contribution in [0.4, 0.5) is 10.5 Å². The molecule has 1 rings (SSSR count). The summed E-state index contributed by atoms with van der Waals surface area (Å²) in [6, 6.07) is 5.76. The van der Waals surface area contributed by atoms with Gasteiger partial charge in [0.2, 0.25) is 0 Å². The number of carbonyl (C=O) groups excluding carboxylic acids is 1. The molecule has 0 heterocycles. The summed E-state index contributed by atoms with van der Waals surface area (Å²) in [4.78, 5) is 12.0. The summed E-state index contributed by atoms with van der Waals surface area (Å²) < 4.78 is 0. The molecule has 0 fully saturated rings. The van der Waals surface area contributed by atoms with Gasteiger partial charge in [-0.2, -0.15) is 0 Å². The first-order chi connectivity index (χ1) is 9.92. The van der Waals surface area contributed by atoms with E-state index >= 15 is 0 Å². The molecule has 1 atom stereocenters. The zero-order valence-electron chi connectivity index (χ0n) is 13.6. The Morgan fingerprint density at radius 2 is 2.00 bits per heavy atom. The van der Waals surface area contributed by atoms with E-state index in [0.717, 1.165) is 24.1 Å². The van der Waals surface area contributed by atoms with Crippen molar-refractivity contribution in [3.8, 4) is 0 Å². The molecular formula is C17H28N2O2. The van der Waals surface area contributed by atoms with E-state index < -0.39 is 0 Å². The van der Waals surface area contributed by atoms with E-state index in [1.807, 2.05) is 32.0 Å². The average molecular weight is 292 g/mol. The van der Waals surface area contributed by atoms with E-state index in [-0.39, 0.29) is 12.6 Å². The fourth-order valence-electron chi connectivity index (χ4n) is 2.51. The van der Waals surface area contributed by atoms with Crippen molar-refractivity contribution >= 4 is 11.7 Å². The van der Waals surface area contributed by atoms with Gasteiger partial charge >= 0.3 is 6.03 Å². The number of nitrogens with one attached hydrogen (secondary N) is 2. The third-order valence-corrected chi connectivity index (χ3v) is 3.52. The highest BCUT2D eigenvalue weighted by atomic mass is 16.3. The van der Waals surface area contributed by atoms with E-state index in [1.165, 1.54) is 5.56 Å². The summed E-state index contributed by atoms with van der Waals surface area (Å²) >= 11 is 0. The van der Waals surface area contributed by atoms with Crippen LogP contribution in [0.2, 0.25) is 0 Å². The highest BCUT2D eigenvalue weighted by Gasteiger charge is 2.12. The van der Waals surface area contributed by atoms with E-state index in [4.69, 9.17) is 5.11 Å². The SMILES string of the molecule is Cc1ccc(NC(=O)NCC(CCO)CC(C)C)c(C)c1. The summed E-state index contributed by atoms with van der Waals surface area (Å²) in [5.41, 5.74) is 3.07. The molecule has 0 saturated carbocycles. The number of anilines is 1. The maximum absolute atomic E-state index is 12.0. The molecule has 0 aliphatic rings. The maximum Gasteiger partial charge on any atom is 0.319 e. The number of aryl methyl sites for hydroxylation is 2. The Hall–Kier alpha value is -1.55. The minimum absolute atomic E-state index is 0.164. The lowest BCUT2D eigenvalue weighted by atomic mass is 9.94. The van der Waals surface area contributed by atoms with Gasteiger partial charge in [-0.05, 0) is 50.2 Å². The standard InChI is InChI=1S/C17H28N2O2/c1-12(2)9-15(7-8-20)11-18-17(21)19-16-6-5-13(3)10-14(16)4/h5-6,10,12,15,20H,7-9,11H2,1-4H3,(H2,18,19,21). The van der Waals surface area contributed by atoms with Crippen LogP contribution in [0.5, 0.6) is 0 Å². The predicted octanol–water partition coefficient (Wildman–Crippen LogP) is 3.47. The van der Waals surface area contributed by atoms with E-state index in [9.17, 15) is 4.79 Å². The van der Waals surface area contributed by atoms with Gasteiger partial charge in [-0.3, -0.25) is 0 Å². The first-order valence-electron chi connectivity index (χ1n) is 7.65. The molecule has 0 aliphatic carbocycles. The number of aliphatic hydroxyl groups excluding tert-OH is 1. The van der Waals surface area contributed by atoms with Crippen molar-refractivity contribution in [1.29, 1.82) is 0 Å². The zero-order valence-corrected chi connectivity index (χ0v) is 13.6. The maximum atomic E-state index is 12.0. The molecule has 1 aromatic rings. The number of benzene rings is 1. The van der Waals surface area contributed by atoms with E-state index in [0.29, 0.717) is 18.4 Å². The number of hydrogen-bond acceptors (Lipinski definition) is 2. The first-order valence-corrected chi connectivity index (χ1v) is 7.65. The molecule has 0 aliphatic heterocycles. The Balaban J connectivity index is 2.48. The fraction of sp³-hybridized carbons (Fsp3) is 0.588. The smallest absolute Gasteiger partial charge is 0.319 e. The summed E-state index contributed by atoms with van der Waals surface area (Å²) in [7, 11) is 0. The third-order valence-electron chi connectivity index (χ3n) is 3.52. The van der Waals surface area contributed by atoms with Gasteiger partial charge in [-0.25, -0.2) is 4.79 Å². The summed E-state index contributed by atoms with van der Waals surface area (Å²) in [5, 5.41) is 14.9. The Morgan fingerprint density at radius 3 is 2.57 bits per heavy atom. The molecule has 0 bridgehead atoms. The first kappa shape index (κ1) is 17.5. The lowest BCUT2D eigenvalue weighted by Gasteiger charge is -2.19. The molecule has 0 spiro atoms. The summed E-state index contributed by atoms with van der Waals surface area (Å²) in [6.07, 6.45) is 1.73. The molecule has 0 saturated heterocycles. The molecule has 21 heavy (non-hydrogen) atoms. The van der Waals surface area contributed by atoms with Crippen LogP contribution < -0.4 is 10.6 Å². The number of amides is 2. The summed E-state index contributed by atoms with van der Waals surface area (Å²) in [5.74, 6) is 0.880. The minimum atomic E-state index is -0.186. The van der Waals surface area contributed by atoms with E-state index in [1.54, 1.807) is 0 Å². The number of urea groups is 1. The second-order valence-electron chi connectivity index (χ2n) is 6.16. The van der Waals surface area contributed by atoms with Crippen LogP contribution in [-0.4, -0.2) is 24.3 Å². The molecule has 4 heteroatoms. The Kier molecular flexibility index (Phi) is 7.23. The number of hydrogen-bond donors (Lipinski definition) is 3. The summed E-state index contributed by atoms with van der Waals surface area (Å²) in [6.45, 7) is 9.08. The second kappa shape index (κ2) is 8.67. The highest BCUT2D eigenvalue weighted by molar-refractivity contribution is 5.90. The van der Waals surface area contributed by atoms with Crippen molar-refractivity contribution in [2.24, 2.45) is 11.8 Å². The number of aliphatic hydroxyl groups is 1. The lowest BCUT2D eigenvalue weighted by Crippen LogP contribution is -2.34. The van der Waals surface area contributed by atoms with Gasteiger partial charge < -0.3 is 15.7 Å². The van der Waals surface area contributed by atoms with E-state index in [2.05, 4.69) is 24.5 Å². The molecule has 2 amide bonds. The zero-order chi connectivity index (χ0) is 15.8. The topological polar surface area (TPSA) is 61.4 Å². The average Bonchev–Trinajstić information content (AvgIpc) is 2.39.